The minimum absolute atomic E-state index is 0.110. The van der Waals surface area contributed by atoms with E-state index in [-0.39, 0.29) is 12.5 Å². The van der Waals surface area contributed by atoms with Gasteiger partial charge in [0.15, 0.2) is 11.5 Å². The van der Waals surface area contributed by atoms with Crippen molar-refractivity contribution in [1.82, 2.24) is 4.90 Å². The molecule has 1 aliphatic carbocycles. The van der Waals surface area contributed by atoms with E-state index in [1.807, 2.05) is 30.1 Å². The Balaban J connectivity index is 1.59. The van der Waals surface area contributed by atoms with E-state index in [4.69, 9.17) is 14.7 Å². The number of hydrogen-bond acceptors (Lipinski definition) is 5. The predicted octanol–water partition coefficient (Wildman–Crippen LogP) is 2.90. The Morgan fingerprint density at radius 3 is 2.79 bits per heavy atom. The normalized spacial score (nSPS) is 17.7. The molecule has 1 aliphatic heterocycles. The van der Waals surface area contributed by atoms with Crippen molar-refractivity contribution in [1.29, 1.82) is 5.26 Å². The van der Waals surface area contributed by atoms with Crippen molar-refractivity contribution in [2.75, 3.05) is 25.5 Å². The summed E-state index contributed by atoms with van der Waals surface area (Å²) in [7, 11) is 1.82. The number of nitrogens with one attached hydrogen (secondary N) is 1. The lowest BCUT2D eigenvalue weighted by molar-refractivity contribution is -0.117. The molecule has 1 amide bonds. The fourth-order valence-electron chi connectivity index (χ4n) is 3.23. The second kappa shape index (κ2) is 7.10. The second-order valence-corrected chi connectivity index (χ2v) is 6.53. The van der Waals surface area contributed by atoms with Gasteiger partial charge >= 0.3 is 0 Å². The Hall–Kier alpha value is -2.26. The Bertz CT molecular complexity index is 647. The number of likely N-dealkylation sites (N-methyl/N-ethyl adjacent to an activating group) is 1. The SMILES string of the molecule is CN(CCC#N)CC(=O)Nc1ccc2c(c1)OC1(CCCCC1)O2. The zero-order valence-electron chi connectivity index (χ0n) is 14.0. The molecule has 1 saturated carbocycles. The first kappa shape index (κ1) is 16.6. The van der Waals surface area contributed by atoms with Gasteiger partial charge in [-0.1, -0.05) is 6.42 Å². The molecular weight excluding hydrogens is 306 g/mol. The summed E-state index contributed by atoms with van der Waals surface area (Å²) in [6.07, 6.45) is 5.70. The van der Waals surface area contributed by atoms with E-state index in [0.29, 0.717) is 24.4 Å². The molecule has 24 heavy (non-hydrogen) atoms. The van der Waals surface area contributed by atoms with Crippen molar-refractivity contribution < 1.29 is 14.3 Å². The minimum atomic E-state index is -0.499. The lowest BCUT2D eigenvalue weighted by atomic mass is 9.94. The highest BCUT2D eigenvalue weighted by Crippen LogP contribution is 2.46. The summed E-state index contributed by atoms with van der Waals surface area (Å²) >= 11 is 0. The monoisotopic (exact) mass is 329 g/mol. The second-order valence-electron chi connectivity index (χ2n) is 6.53. The number of fused-ring (bicyclic) bond motifs is 1. The average Bonchev–Trinajstić information content (AvgIpc) is 2.90. The molecule has 1 heterocycles. The maximum absolute atomic E-state index is 12.1. The van der Waals surface area contributed by atoms with Crippen LogP contribution < -0.4 is 14.8 Å². The highest BCUT2D eigenvalue weighted by Gasteiger charge is 2.42. The Morgan fingerprint density at radius 1 is 1.29 bits per heavy atom. The lowest BCUT2D eigenvalue weighted by Crippen LogP contribution is -2.40. The van der Waals surface area contributed by atoms with Crippen LogP contribution in [0, 0.1) is 11.3 Å². The zero-order chi connectivity index (χ0) is 17.0. The van der Waals surface area contributed by atoms with Crippen molar-refractivity contribution in [3.05, 3.63) is 18.2 Å². The van der Waals surface area contributed by atoms with Gasteiger partial charge in [-0.2, -0.15) is 5.26 Å². The number of hydrogen-bond donors (Lipinski definition) is 1. The van der Waals surface area contributed by atoms with Crippen LogP contribution in [0.5, 0.6) is 11.5 Å². The van der Waals surface area contributed by atoms with Gasteiger partial charge in [0.1, 0.15) is 0 Å². The Kier molecular flexibility index (Phi) is 4.91. The number of nitriles is 1. The van der Waals surface area contributed by atoms with E-state index in [2.05, 4.69) is 11.4 Å². The summed E-state index contributed by atoms with van der Waals surface area (Å²) in [5.41, 5.74) is 0.698. The van der Waals surface area contributed by atoms with Gasteiger partial charge in [0.05, 0.1) is 12.6 Å². The van der Waals surface area contributed by atoms with Crippen molar-refractivity contribution in [2.45, 2.75) is 44.3 Å². The van der Waals surface area contributed by atoms with E-state index in [0.717, 1.165) is 31.4 Å². The van der Waals surface area contributed by atoms with Crippen LogP contribution in [0.1, 0.15) is 38.5 Å². The molecule has 6 heteroatoms. The number of amides is 1. The number of carbonyl (C=O) groups excluding carboxylic acids is 1. The number of rotatable bonds is 5. The number of nitrogens with zero attached hydrogens (tertiary/aromatic N) is 2. The molecule has 0 aromatic heterocycles. The van der Waals surface area contributed by atoms with E-state index in [1.165, 1.54) is 6.42 Å². The largest absolute Gasteiger partial charge is 0.448 e. The number of ether oxygens (including phenoxy) is 2. The van der Waals surface area contributed by atoms with E-state index in [1.54, 1.807) is 0 Å². The molecule has 0 atom stereocenters. The van der Waals surface area contributed by atoms with Gasteiger partial charge in [-0.3, -0.25) is 9.69 Å². The van der Waals surface area contributed by atoms with Gasteiger partial charge in [-0.25, -0.2) is 0 Å². The summed E-state index contributed by atoms with van der Waals surface area (Å²) in [5, 5.41) is 11.4. The molecule has 2 aliphatic rings. The van der Waals surface area contributed by atoms with Gasteiger partial charge in [0, 0.05) is 37.6 Å². The van der Waals surface area contributed by atoms with Gasteiger partial charge < -0.3 is 14.8 Å². The quantitative estimate of drug-likeness (QED) is 0.899. The topological polar surface area (TPSA) is 74.6 Å². The molecule has 1 N–H and O–H groups in total. The molecule has 0 unspecified atom stereocenters. The van der Waals surface area contributed by atoms with Crippen LogP contribution >= 0.6 is 0 Å². The minimum Gasteiger partial charge on any atom is -0.448 e. The van der Waals surface area contributed by atoms with Gasteiger partial charge in [0.25, 0.3) is 5.79 Å². The van der Waals surface area contributed by atoms with Gasteiger partial charge in [-0.05, 0) is 32.0 Å². The highest BCUT2D eigenvalue weighted by atomic mass is 16.7. The lowest BCUT2D eigenvalue weighted by Gasteiger charge is -2.31. The van der Waals surface area contributed by atoms with Crippen LogP contribution in [0.3, 0.4) is 0 Å². The maximum Gasteiger partial charge on any atom is 0.251 e. The van der Waals surface area contributed by atoms with Gasteiger partial charge in [-0.15, -0.1) is 0 Å². The van der Waals surface area contributed by atoms with E-state index < -0.39 is 5.79 Å². The van der Waals surface area contributed by atoms with E-state index >= 15 is 0 Å². The van der Waals surface area contributed by atoms with Crippen molar-refractivity contribution in [2.24, 2.45) is 0 Å². The van der Waals surface area contributed by atoms with Crippen LogP contribution in [0.15, 0.2) is 18.2 Å². The summed E-state index contributed by atoms with van der Waals surface area (Å²) in [6, 6.07) is 7.58. The predicted molar refractivity (Wildman–Crippen MR) is 89.9 cm³/mol. The molecule has 6 nitrogen and oxygen atoms in total. The highest BCUT2D eigenvalue weighted by molar-refractivity contribution is 5.92. The third-order valence-electron chi connectivity index (χ3n) is 4.45. The number of anilines is 1. The molecule has 3 rings (SSSR count). The molecule has 128 valence electrons. The molecule has 0 saturated heterocycles. The fraction of sp³-hybridized carbons (Fsp3) is 0.556. The first-order valence-electron chi connectivity index (χ1n) is 8.48. The van der Waals surface area contributed by atoms with E-state index in [9.17, 15) is 4.79 Å². The first-order chi connectivity index (χ1) is 11.6. The van der Waals surface area contributed by atoms with Crippen molar-refractivity contribution in [3.8, 4) is 17.6 Å². The Morgan fingerprint density at radius 2 is 2.04 bits per heavy atom. The smallest absolute Gasteiger partial charge is 0.251 e. The van der Waals surface area contributed by atoms with Crippen LogP contribution in [0.25, 0.3) is 0 Å². The number of carbonyl (C=O) groups is 1. The molecule has 0 bridgehead atoms. The molecule has 1 spiro atoms. The molecule has 0 radical (unpaired) electrons. The van der Waals surface area contributed by atoms with Crippen molar-refractivity contribution in [3.63, 3.8) is 0 Å². The van der Waals surface area contributed by atoms with Crippen LogP contribution in [0.2, 0.25) is 0 Å². The van der Waals surface area contributed by atoms with Gasteiger partial charge in [0.2, 0.25) is 5.91 Å². The standard InChI is InChI=1S/C18H23N3O3/c1-21(11-5-10-19)13-17(22)20-14-6-7-15-16(12-14)24-18(23-15)8-3-2-4-9-18/h6-7,12H,2-5,8-9,11,13H2,1H3,(H,20,22). The van der Waals surface area contributed by atoms with Crippen LogP contribution in [0.4, 0.5) is 5.69 Å². The molecule has 1 aromatic rings. The summed E-state index contributed by atoms with van der Waals surface area (Å²) < 4.78 is 12.1. The molecule has 1 fully saturated rings. The summed E-state index contributed by atoms with van der Waals surface area (Å²) in [5.74, 6) is 0.844. The fourth-order valence-corrected chi connectivity index (χ4v) is 3.23. The maximum atomic E-state index is 12.1. The van der Waals surface area contributed by atoms with Crippen LogP contribution in [-0.2, 0) is 4.79 Å². The number of benzene rings is 1. The summed E-state index contributed by atoms with van der Waals surface area (Å²) in [4.78, 5) is 13.9. The molecule has 1 aromatic carbocycles. The van der Waals surface area contributed by atoms with Crippen LogP contribution in [-0.4, -0.2) is 36.7 Å². The first-order valence-corrected chi connectivity index (χ1v) is 8.48. The molecular formula is C18H23N3O3. The third-order valence-corrected chi connectivity index (χ3v) is 4.45. The zero-order valence-corrected chi connectivity index (χ0v) is 14.0. The average molecular weight is 329 g/mol. The third kappa shape index (κ3) is 3.80. The Labute approximate surface area is 142 Å². The summed E-state index contributed by atoms with van der Waals surface area (Å²) in [6.45, 7) is 0.827. The van der Waals surface area contributed by atoms with Crippen molar-refractivity contribution >= 4 is 11.6 Å².